The van der Waals surface area contributed by atoms with E-state index >= 15 is 0 Å². The predicted molar refractivity (Wildman–Crippen MR) is 102 cm³/mol. The molecule has 3 rings (SSSR count). The van der Waals surface area contributed by atoms with Crippen molar-refractivity contribution in [3.8, 4) is 0 Å². The Morgan fingerprint density at radius 2 is 2.04 bits per heavy atom. The number of benzene rings is 1. The topological polar surface area (TPSA) is 78.7 Å². The molecule has 1 unspecified atom stereocenters. The smallest absolute Gasteiger partial charge is 0.321 e. The van der Waals surface area contributed by atoms with E-state index in [1.54, 1.807) is 16.8 Å². The number of aryl methyl sites for hydroxylation is 2. The van der Waals surface area contributed by atoms with Gasteiger partial charge in [-0.25, -0.2) is 4.79 Å². The highest BCUT2D eigenvalue weighted by molar-refractivity contribution is 5.90. The Morgan fingerprint density at radius 3 is 2.70 bits per heavy atom. The second-order valence-corrected chi connectivity index (χ2v) is 7.08. The number of nitrogens with one attached hydrogen (secondary N) is 1. The average molecular weight is 370 g/mol. The first kappa shape index (κ1) is 18.9. The minimum absolute atomic E-state index is 0.0483. The second kappa shape index (κ2) is 8.24. The summed E-state index contributed by atoms with van der Waals surface area (Å²) in [6.45, 7) is 5.29. The summed E-state index contributed by atoms with van der Waals surface area (Å²) in [7, 11) is 1.79. The molecule has 1 saturated heterocycles. The Morgan fingerprint density at radius 1 is 1.30 bits per heavy atom. The molecule has 0 radical (unpaired) electrons. The normalized spacial score (nSPS) is 16.9. The van der Waals surface area contributed by atoms with Crippen LogP contribution in [0, 0.1) is 19.8 Å². The highest BCUT2D eigenvalue weighted by Crippen LogP contribution is 2.22. The summed E-state index contributed by atoms with van der Waals surface area (Å²) in [5, 5.41) is 6.84. The quantitative estimate of drug-likeness (QED) is 0.896. The van der Waals surface area contributed by atoms with Crippen LogP contribution in [0.25, 0.3) is 0 Å². The molecule has 1 fully saturated rings. The molecule has 7 nitrogen and oxygen atoms in total. The Balaban J connectivity index is 1.59. The van der Waals surface area contributed by atoms with E-state index in [1.165, 1.54) is 0 Å². The predicted octanol–water partition coefficient (Wildman–Crippen LogP) is 3.19. The van der Waals surface area contributed by atoms with Gasteiger partial charge in [-0.15, -0.1) is 0 Å². The van der Waals surface area contributed by atoms with E-state index in [-0.39, 0.29) is 17.9 Å². The van der Waals surface area contributed by atoms with E-state index < -0.39 is 0 Å². The van der Waals surface area contributed by atoms with E-state index in [9.17, 15) is 9.59 Å². The van der Waals surface area contributed by atoms with E-state index in [4.69, 9.17) is 4.52 Å². The molecular formula is C20H26N4O3. The van der Waals surface area contributed by atoms with Crippen molar-refractivity contribution in [2.45, 2.75) is 33.2 Å². The highest BCUT2D eigenvalue weighted by Gasteiger charge is 2.30. The largest absolute Gasteiger partial charge is 0.361 e. The SMILES string of the molecule is Cc1noc(C)c1CN(C)C(=O)C1CCCN(C(=O)Nc2ccccc2)C1. The van der Waals surface area contributed by atoms with Gasteiger partial charge < -0.3 is 19.6 Å². The molecule has 2 heterocycles. The Hall–Kier alpha value is -2.83. The number of urea groups is 1. The third-order valence-corrected chi connectivity index (χ3v) is 5.04. The number of aromatic nitrogens is 1. The zero-order valence-corrected chi connectivity index (χ0v) is 16.1. The van der Waals surface area contributed by atoms with Gasteiger partial charge in [0.1, 0.15) is 5.76 Å². The number of piperidine rings is 1. The molecular weight excluding hydrogens is 344 g/mol. The van der Waals surface area contributed by atoms with Crippen LogP contribution in [0.5, 0.6) is 0 Å². The van der Waals surface area contributed by atoms with Gasteiger partial charge in [0.2, 0.25) is 5.91 Å². The van der Waals surface area contributed by atoms with Crippen molar-refractivity contribution in [3.63, 3.8) is 0 Å². The van der Waals surface area contributed by atoms with Crippen LogP contribution in [-0.4, -0.2) is 47.0 Å². The third-order valence-electron chi connectivity index (χ3n) is 5.04. The molecule has 1 aliphatic heterocycles. The van der Waals surface area contributed by atoms with Gasteiger partial charge in [0, 0.05) is 31.4 Å². The first-order chi connectivity index (χ1) is 13.0. The number of hydrogen-bond acceptors (Lipinski definition) is 4. The van der Waals surface area contributed by atoms with Gasteiger partial charge in [0.05, 0.1) is 18.2 Å². The van der Waals surface area contributed by atoms with Crippen molar-refractivity contribution < 1.29 is 14.1 Å². The van der Waals surface area contributed by atoms with Crippen molar-refractivity contribution in [1.29, 1.82) is 0 Å². The lowest BCUT2D eigenvalue weighted by Crippen LogP contribution is -2.47. The lowest BCUT2D eigenvalue weighted by atomic mass is 9.96. The maximum Gasteiger partial charge on any atom is 0.321 e. The minimum atomic E-state index is -0.189. The number of carbonyl (C=O) groups is 2. The van der Waals surface area contributed by atoms with Gasteiger partial charge in [-0.05, 0) is 38.8 Å². The summed E-state index contributed by atoms with van der Waals surface area (Å²) in [4.78, 5) is 28.8. The zero-order chi connectivity index (χ0) is 19.4. The molecule has 1 aromatic heterocycles. The number of rotatable bonds is 4. The summed E-state index contributed by atoms with van der Waals surface area (Å²) in [5.41, 5.74) is 2.51. The van der Waals surface area contributed by atoms with Crippen LogP contribution in [0.1, 0.15) is 29.9 Å². The van der Waals surface area contributed by atoms with Crippen LogP contribution >= 0.6 is 0 Å². The molecule has 0 bridgehead atoms. The average Bonchev–Trinajstić information content (AvgIpc) is 3.00. The molecule has 1 N–H and O–H groups in total. The third kappa shape index (κ3) is 4.48. The Bertz CT molecular complexity index is 783. The molecule has 1 atom stereocenters. The summed E-state index contributed by atoms with van der Waals surface area (Å²) in [6.07, 6.45) is 1.61. The maximum absolute atomic E-state index is 12.9. The lowest BCUT2D eigenvalue weighted by molar-refractivity contribution is -0.136. The summed E-state index contributed by atoms with van der Waals surface area (Å²) >= 11 is 0. The minimum Gasteiger partial charge on any atom is -0.361 e. The standard InChI is InChI=1S/C20H26N4O3/c1-14-18(15(2)27-22-14)13-23(3)19(25)16-8-7-11-24(12-16)20(26)21-17-9-5-4-6-10-17/h4-6,9-10,16H,7-8,11-13H2,1-3H3,(H,21,26). The summed E-state index contributed by atoms with van der Waals surface area (Å²) in [5.74, 6) is 0.595. The molecule has 2 aromatic rings. The van der Waals surface area contributed by atoms with Crippen molar-refractivity contribution >= 4 is 17.6 Å². The van der Waals surface area contributed by atoms with Gasteiger partial charge in [0.15, 0.2) is 0 Å². The molecule has 1 aliphatic rings. The number of hydrogen-bond donors (Lipinski definition) is 1. The first-order valence-electron chi connectivity index (χ1n) is 9.23. The number of anilines is 1. The fourth-order valence-corrected chi connectivity index (χ4v) is 3.44. The molecule has 3 amide bonds. The number of amides is 3. The van der Waals surface area contributed by atoms with E-state index in [0.29, 0.717) is 19.6 Å². The van der Waals surface area contributed by atoms with Gasteiger partial charge in [-0.2, -0.15) is 0 Å². The first-order valence-corrected chi connectivity index (χ1v) is 9.23. The molecule has 144 valence electrons. The van der Waals surface area contributed by atoms with Crippen molar-refractivity contribution in [3.05, 3.63) is 47.3 Å². The van der Waals surface area contributed by atoms with Crippen LogP contribution in [0.15, 0.2) is 34.9 Å². The van der Waals surface area contributed by atoms with Crippen molar-refractivity contribution in [2.24, 2.45) is 5.92 Å². The molecule has 0 saturated carbocycles. The van der Waals surface area contributed by atoms with Crippen LogP contribution in [-0.2, 0) is 11.3 Å². The summed E-state index contributed by atoms with van der Waals surface area (Å²) < 4.78 is 5.18. The number of carbonyl (C=O) groups excluding carboxylic acids is 2. The van der Waals surface area contributed by atoms with Crippen molar-refractivity contribution in [2.75, 3.05) is 25.5 Å². The fourth-order valence-electron chi connectivity index (χ4n) is 3.44. The fraction of sp³-hybridized carbons (Fsp3) is 0.450. The van der Waals surface area contributed by atoms with Crippen LogP contribution in [0.2, 0.25) is 0 Å². The Kier molecular flexibility index (Phi) is 5.78. The molecule has 27 heavy (non-hydrogen) atoms. The van der Waals surface area contributed by atoms with E-state index in [0.717, 1.165) is 35.5 Å². The van der Waals surface area contributed by atoms with Gasteiger partial charge in [-0.3, -0.25) is 4.79 Å². The van der Waals surface area contributed by atoms with Crippen LogP contribution in [0.3, 0.4) is 0 Å². The van der Waals surface area contributed by atoms with E-state index in [1.807, 2.05) is 44.2 Å². The number of likely N-dealkylation sites (tertiary alicyclic amines) is 1. The number of para-hydroxylation sites is 1. The maximum atomic E-state index is 12.9. The van der Waals surface area contributed by atoms with E-state index in [2.05, 4.69) is 10.5 Å². The molecule has 0 aliphatic carbocycles. The Labute approximate surface area is 159 Å². The molecule has 1 aromatic carbocycles. The monoisotopic (exact) mass is 370 g/mol. The molecule has 0 spiro atoms. The van der Waals surface area contributed by atoms with Crippen LogP contribution in [0.4, 0.5) is 10.5 Å². The zero-order valence-electron chi connectivity index (χ0n) is 16.1. The highest BCUT2D eigenvalue weighted by atomic mass is 16.5. The van der Waals surface area contributed by atoms with Gasteiger partial charge in [-0.1, -0.05) is 23.4 Å². The van der Waals surface area contributed by atoms with Gasteiger partial charge in [0.25, 0.3) is 0 Å². The summed E-state index contributed by atoms with van der Waals surface area (Å²) in [6, 6.07) is 9.19. The second-order valence-electron chi connectivity index (χ2n) is 7.08. The number of nitrogens with zero attached hydrogens (tertiary/aromatic N) is 3. The van der Waals surface area contributed by atoms with Crippen LogP contribution < -0.4 is 5.32 Å². The van der Waals surface area contributed by atoms with Gasteiger partial charge >= 0.3 is 6.03 Å². The molecule has 7 heteroatoms. The lowest BCUT2D eigenvalue weighted by Gasteiger charge is -2.34. The van der Waals surface area contributed by atoms with Crippen molar-refractivity contribution in [1.82, 2.24) is 15.0 Å².